The number of rotatable bonds is 6. The van der Waals surface area contributed by atoms with Gasteiger partial charge in [0.15, 0.2) is 0 Å². The van der Waals surface area contributed by atoms with E-state index in [9.17, 15) is 4.79 Å². The van der Waals surface area contributed by atoms with Gasteiger partial charge in [0, 0.05) is 25.2 Å². The average molecular weight is 213 g/mol. The molecule has 15 heavy (non-hydrogen) atoms. The quantitative estimate of drug-likeness (QED) is 0.662. The first kappa shape index (κ1) is 12.5. The molecule has 1 rings (SSSR count). The van der Waals surface area contributed by atoms with Crippen LogP contribution < -0.4 is 10.6 Å². The smallest absolute Gasteiger partial charge is 0.234 e. The molecule has 1 heterocycles. The fourth-order valence-corrected chi connectivity index (χ4v) is 1.77. The Hall–Kier alpha value is -0.610. The van der Waals surface area contributed by atoms with Gasteiger partial charge in [0.05, 0.1) is 6.54 Å². The molecule has 1 aliphatic rings. The number of hydrogen-bond donors (Lipinski definition) is 2. The van der Waals surface area contributed by atoms with Crippen molar-refractivity contribution in [2.24, 2.45) is 0 Å². The SMILES string of the molecule is CCCC(C)NC(=O)CN(C)C1CNC1. The molecule has 4 heteroatoms. The summed E-state index contributed by atoms with van der Waals surface area (Å²) in [4.78, 5) is 13.7. The van der Waals surface area contributed by atoms with Crippen molar-refractivity contribution < 1.29 is 4.79 Å². The molecular formula is C11H23N3O. The van der Waals surface area contributed by atoms with Crippen LogP contribution in [0.15, 0.2) is 0 Å². The zero-order valence-electron chi connectivity index (χ0n) is 10.0. The van der Waals surface area contributed by atoms with E-state index in [1.54, 1.807) is 0 Å². The number of amides is 1. The minimum atomic E-state index is 0.144. The summed E-state index contributed by atoms with van der Waals surface area (Å²) in [5.74, 6) is 0.144. The van der Waals surface area contributed by atoms with Crippen molar-refractivity contribution in [3.8, 4) is 0 Å². The summed E-state index contributed by atoms with van der Waals surface area (Å²) in [6.07, 6.45) is 2.17. The summed E-state index contributed by atoms with van der Waals surface area (Å²) in [5.41, 5.74) is 0. The lowest BCUT2D eigenvalue weighted by Crippen LogP contribution is -2.57. The van der Waals surface area contributed by atoms with Crippen molar-refractivity contribution in [3.05, 3.63) is 0 Å². The molecule has 1 unspecified atom stereocenters. The molecule has 1 fully saturated rings. The largest absolute Gasteiger partial charge is 0.353 e. The zero-order chi connectivity index (χ0) is 11.3. The zero-order valence-corrected chi connectivity index (χ0v) is 10.0. The molecule has 0 aromatic rings. The summed E-state index contributed by atoms with van der Waals surface area (Å²) in [7, 11) is 2.01. The van der Waals surface area contributed by atoms with E-state index in [0.717, 1.165) is 25.9 Å². The number of nitrogens with one attached hydrogen (secondary N) is 2. The molecule has 4 nitrogen and oxygen atoms in total. The summed E-state index contributed by atoms with van der Waals surface area (Å²) in [6, 6.07) is 0.840. The van der Waals surface area contributed by atoms with Crippen LogP contribution in [0.2, 0.25) is 0 Å². The Morgan fingerprint density at radius 3 is 2.73 bits per heavy atom. The van der Waals surface area contributed by atoms with Crippen molar-refractivity contribution >= 4 is 5.91 Å². The van der Waals surface area contributed by atoms with Crippen molar-refractivity contribution in [2.75, 3.05) is 26.7 Å². The van der Waals surface area contributed by atoms with Gasteiger partial charge in [-0.1, -0.05) is 13.3 Å². The Labute approximate surface area is 92.4 Å². The van der Waals surface area contributed by atoms with Crippen LogP contribution in [0.3, 0.4) is 0 Å². The van der Waals surface area contributed by atoms with Crippen LogP contribution >= 0.6 is 0 Å². The lowest BCUT2D eigenvalue weighted by molar-refractivity contribution is -0.123. The molecule has 1 amide bonds. The number of nitrogens with zero attached hydrogens (tertiary/aromatic N) is 1. The Bertz CT molecular complexity index is 204. The van der Waals surface area contributed by atoms with Gasteiger partial charge >= 0.3 is 0 Å². The third kappa shape index (κ3) is 4.18. The van der Waals surface area contributed by atoms with Crippen LogP contribution in [-0.2, 0) is 4.79 Å². The van der Waals surface area contributed by atoms with Crippen LogP contribution in [0.5, 0.6) is 0 Å². The molecule has 1 atom stereocenters. The predicted molar refractivity (Wildman–Crippen MR) is 61.8 cm³/mol. The van der Waals surface area contributed by atoms with E-state index in [1.165, 1.54) is 0 Å². The standard InChI is InChI=1S/C11H23N3O/c1-4-5-9(2)13-11(15)8-14(3)10-6-12-7-10/h9-10,12H,4-8H2,1-3H3,(H,13,15). The van der Waals surface area contributed by atoms with Crippen LogP contribution in [-0.4, -0.2) is 49.6 Å². The highest BCUT2D eigenvalue weighted by Crippen LogP contribution is 2.01. The molecule has 0 aromatic heterocycles. The molecular weight excluding hydrogens is 190 g/mol. The summed E-state index contributed by atoms with van der Waals surface area (Å²) < 4.78 is 0. The van der Waals surface area contributed by atoms with Gasteiger partial charge in [0.2, 0.25) is 5.91 Å². The van der Waals surface area contributed by atoms with Gasteiger partial charge in [-0.25, -0.2) is 0 Å². The molecule has 0 spiro atoms. The molecule has 0 aliphatic carbocycles. The highest BCUT2D eigenvalue weighted by molar-refractivity contribution is 5.78. The average Bonchev–Trinajstić information content (AvgIpc) is 1.99. The first-order valence-electron chi connectivity index (χ1n) is 5.83. The van der Waals surface area contributed by atoms with Crippen molar-refractivity contribution in [3.63, 3.8) is 0 Å². The van der Waals surface area contributed by atoms with E-state index in [4.69, 9.17) is 0 Å². The van der Waals surface area contributed by atoms with E-state index in [-0.39, 0.29) is 5.91 Å². The molecule has 1 saturated heterocycles. The summed E-state index contributed by atoms with van der Waals surface area (Å²) >= 11 is 0. The summed E-state index contributed by atoms with van der Waals surface area (Å²) in [6.45, 7) is 6.73. The number of carbonyl (C=O) groups is 1. The van der Waals surface area contributed by atoms with Crippen LogP contribution in [0, 0.1) is 0 Å². The highest BCUT2D eigenvalue weighted by Gasteiger charge is 2.23. The molecule has 1 aliphatic heterocycles. The lowest BCUT2D eigenvalue weighted by atomic mass is 10.1. The Balaban J connectivity index is 2.16. The van der Waals surface area contributed by atoms with Gasteiger partial charge in [0.1, 0.15) is 0 Å². The Morgan fingerprint density at radius 1 is 1.60 bits per heavy atom. The number of likely N-dealkylation sites (N-methyl/N-ethyl adjacent to an activating group) is 1. The second-order valence-corrected chi connectivity index (χ2v) is 4.48. The third-order valence-corrected chi connectivity index (χ3v) is 2.91. The predicted octanol–water partition coefficient (Wildman–Crippen LogP) is 0.195. The maximum absolute atomic E-state index is 11.6. The molecule has 0 aromatic carbocycles. The second kappa shape index (κ2) is 6.08. The third-order valence-electron chi connectivity index (χ3n) is 2.91. The van der Waals surface area contributed by atoms with Crippen molar-refractivity contribution in [1.29, 1.82) is 0 Å². The van der Waals surface area contributed by atoms with E-state index < -0.39 is 0 Å². The monoisotopic (exact) mass is 213 g/mol. The van der Waals surface area contributed by atoms with Gasteiger partial charge in [-0.15, -0.1) is 0 Å². The van der Waals surface area contributed by atoms with Crippen LogP contribution in [0.1, 0.15) is 26.7 Å². The van der Waals surface area contributed by atoms with Gasteiger partial charge in [-0.05, 0) is 20.4 Å². The molecule has 0 bridgehead atoms. The van der Waals surface area contributed by atoms with Gasteiger partial charge < -0.3 is 10.6 Å². The minimum absolute atomic E-state index is 0.144. The molecule has 88 valence electrons. The maximum atomic E-state index is 11.6. The maximum Gasteiger partial charge on any atom is 0.234 e. The van der Waals surface area contributed by atoms with E-state index in [2.05, 4.69) is 29.4 Å². The fraction of sp³-hybridized carbons (Fsp3) is 0.909. The minimum Gasteiger partial charge on any atom is -0.353 e. The fourth-order valence-electron chi connectivity index (χ4n) is 1.77. The van der Waals surface area contributed by atoms with Crippen LogP contribution in [0.4, 0.5) is 0 Å². The normalized spacial score (nSPS) is 18.7. The Morgan fingerprint density at radius 2 is 2.27 bits per heavy atom. The highest BCUT2D eigenvalue weighted by atomic mass is 16.2. The van der Waals surface area contributed by atoms with Crippen LogP contribution in [0.25, 0.3) is 0 Å². The van der Waals surface area contributed by atoms with Gasteiger partial charge in [-0.2, -0.15) is 0 Å². The molecule has 0 radical (unpaired) electrons. The molecule has 0 saturated carbocycles. The van der Waals surface area contributed by atoms with E-state index in [1.807, 2.05) is 7.05 Å². The van der Waals surface area contributed by atoms with Crippen molar-refractivity contribution in [1.82, 2.24) is 15.5 Å². The van der Waals surface area contributed by atoms with E-state index in [0.29, 0.717) is 18.6 Å². The second-order valence-electron chi connectivity index (χ2n) is 4.48. The Kier molecular flexibility index (Phi) is 5.05. The van der Waals surface area contributed by atoms with Gasteiger partial charge in [0.25, 0.3) is 0 Å². The lowest BCUT2D eigenvalue weighted by Gasteiger charge is -2.35. The van der Waals surface area contributed by atoms with E-state index >= 15 is 0 Å². The molecule has 2 N–H and O–H groups in total. The van der Waals surface area contributed by atoms with Gasteiger partial charge in [-0.3, -0.25) is 9.69 Å². The summed E-state index contributed by atoms with van der Waals surface area (Å²) in [5, 5.41) is 6.22. The number of carbonyl (C=O) groups excluding carboxylic acids is 1. The first-order chi connectivity index (χ1) is 7.13. The van der Waals surface area contributed by atoms with Crippen molar-refractivity contribution in [2.45, 2.75) is 38.8 Å². The first-order valence-corrected chi connectivity index (χ1v) is 5.83. The number of hydrogen-bond acceptors (Lipinski definition) is 3. The topological polar surface area (TPSA) is 44.4 Å².